The maximum atomic E-state index is 13.6. The molecule has 36 heavy (non-hydrogen) atoms. The number of anilines is 2. The van der Waals surface area contributed by atoms with Gasteiger partial charge in [0.25, 0.3) is 0 Å². The SMILES string of the molecule is CC1(C)[C@@H]2CC[C@]1(CS(=O)(=O)Nc1cc(S(=O)(=O)N3CCCCC3)ccc1N1CCCCC1)C(=O)C2. The number of Topliss-reactive ketones (excluding diaryl/α,β-unsaturated/α-hetero) is 1. The van der Waals surface area contributed by atoms with Crippen molar-refractivity contribution in [3.63, 3.8) is 0 Å². The van der Waals surface area contributed by atoms with Gasteiger partial charge < -0.3 is 4.90 Å². The van der Waals surface area contributed by atoms with Crippen molar-refractivity contribution in [3.8, 4) is 0 Å². The lowest BCUT2D eigenvalue weighted by Gasteiger charge is -2.36. The van der Waals surface area contributed by atoms with Crippen LogP contribution < -0.4 is 9.62 Å². The van der Waals surface area contributed by atoms with E-state index in [1.807, 2.05) is 13.8 Å². The molecular formula is C26H39N3O5S2. The van der Waals surface area contributed by atoms with Crippen LogP contribution in [0.3, 0.4) is 0 Å². The second-order valence-electron chi connectivity index (χ2n) is 11.7. The summed E-state index contributed by atoms with van der Waals surface area (Å²) in [4.78, 5) is 15.2. The molecular weight excluding hydrogens is 498 g/mol. The zero-order chi connectivity index (χ0) is 25.8. The lowest BCUT2D eigenvalue weighted by Crippen LogP contribution is -2.43. The van der Waals surface area contributed by atoms with E-state index in [9.17, 15) is 21.6 Å². The van der Waals surface area contributed by atoms with Crippen LogP contribution in [-0.2, 0) is 24.8 Å². The van der Waals surface area contributed by atoms with Crippen molar-refractivity contribution in [1.29, 1.82) is 0 Å². The van der Waals surface area contributed by atoms with E-state index in [-0.39, 0.29) is 27.8 Å². The first kappa shape index (κ1) is 26.0. The van der Waals surface area contributed by atoms with Crippen molar-refractivity contribution < 1.29 is 21.6 Å². The summed E-state index contributed by atoms with van der Waals surface area (Å²) in [6.07, 6.45) is 7.73. The van der Waals surface area contributed by atoms with Crippen LogP contribution in [0.1, 0.15) is 71.6 Å². The highest BCUT2D eigenvalue weighted by atomic mass is 32.2. The fourth-order valence-electron chi connectivity index (χ4n) is 7.06. The van der Waals surface area contributed by atoms with Crippen molar-refractivity contribution >= 4 is 37.2 Å². The number of sulfonamides is 2. The zero-order valence-electron chi connectivity index (χ0n) is 21.5. The zero-order valence-corrected chi connectivity index (χ0v) is 23.1. The van der Waals surface area contributed by atoms with E-state index >= 15 is 0 Å². The summed E-state index contributed by atoms with van der Waals surface area (Å²) in [5, 5.41) is 0. The topological polar surface area (TPSA) is 104 Å². The molecule has 2 atom stereocenters. The third kappa shape index (κ3) is 4.36. The highest BCUT2D eigenvalue weighted by molar-refractivity contribution is 7.92. The van der Waals surface area contributed by atoms with Gasteiger partial charge in [-0.25, -0.2) is 16.8 Å². The molecule has 4 aliphatic rings. The fraction of sp³-hybridized carbons (Fsp3) is 0.731. The maximum absolute atomic E-state index is 13.6. The Morgan fingerprint density at radius 1 is 0.944 bits per heavy atom. The van der Waals surface area contributed by atoms with Gasteiger partial charge in [-0.2, -0.15) is 4.31 Å². The standard InChI is InChI=1S/C26H39N3O5S2/c1-25(2)20-11-12-26(25,24(30)17-20)19-35(31,32)27-22-18-21(36(33,34)29-15-7-4-8-16-29)9-10-23(22)28-13-5-3-6-14-28/h9-10,18,20,27H,3-8,11-17,19H2,1-2H3/t20-,26+/m1/s1. The van der Waals surface area contributed by atoms with Gasteiger partial charge in [-0.15, -0.1) is 0 Å². The molecule has 2 aliphatic heterocycles. The van der Waals surface area contributed by atoms with Gasteiger partial charge in [0.05, 0.1) is 27.4 Å². The van der Waals surface area contributed by atoms with Gasteiger partial charge in [0.15, 0.2) is 0 Å². The number of benzene rings is 1. The molecule has 2 heterocycles. The van der Waals surface area contributed by atoms with E-state index in [0.717, 1.165) is 58.0 Å². The second kappa shape index (κ2) is 9.27. The predicted molar refractivity (Wildman–Crippen MR) is 141 cm³/mol. The van der Waals surface area contributed by atoms with Crippen molar-refractivity contribution in [2.45, 2.75) is 76.5 Å². The van der Waals surface area contributed by atoms with Crippen LogP contribution in [0.15, 0.2) is 23.1 Å². The van der Waals surface area contributed by atoms with Crippen LogP contribution in [0.4, 0.5) is 11.4 Å². The van der Waals surface area contributed by atoms with Crippen molar-refractivity contribution in [1.82, 2.24) is 4.31 Å². The van der Waals surface area contributed by atoms with Gasteiger partial charge >= 0.3 is 0 Å². The average Bonchev–Trinajstić information content (AvgIpc) is 3.19. The molecule has 5 rings (SSSR count). The Kier molecular flexibility index (Phi) is 6.69. The fourth-order valence-corrected chi connectivity index (χ4v) is 10.5. The Bertz CT molecular complexity index is 1230. The van der Waals surface area contributed by atoms with E-state index in [2.05, 4.69) is 9.62 Å². The van der Waals surface area contributed by atoms with Gasteiger partial charge in [0.1, 0.15) is 5.78 Å². The molecule has 1 aromatic rings. The van der Waals surface area contributed by atoms with Crippen molar-refractivity contribution in [3.05, 3.63) is 18.2 Å². The van der Waals surface area contributed by atoms with Crippen LogP contribution in [0.5, 0.6) is 0 Å². The van der Waals surface area contributed by atoms with Gasteiger partial charge in [-0.1, -0.05) is 20.3 Å². The normalized spacial score (nSPS) is 29.0. The average molecular weight is 538 g/mol. The lowest BCUT2D eigenvalue weighted by molar-refractivity contribution is -0.128. The first-order valence-electron chi connectivity index (χ1n) is 13.4. The number of nitrogens with zero attached hydrogens (tertiary/aromatic N) is 2. The van der Waals surface area contributed by atoms with E-state index in [1.165, 1.54) is 10.4 Å². The highest BCUT2D eigenvalue weighted by Gasteiger charge is 2.65. The maximum Gasteiger partial charge on any atom is 0.243 e. The molecule has 10 heteroatoms. The van der Waals surface area contributed by atoms with E-state index < -0.39 is 25.5 Å². The van der Waals surface area contributed by atoms with Crippen LogP contribution in [0.25, 0.3) is 0 Å². The molecule has 1 aromatic carbocycles. The molecule has 2 saturated heterocycles. The lowest BCUT2D eigenvalue weighted by atomic mass is 9.70. The second-order valence-corrected chi connectivity index (χ2v) is 15.4. The number of hydrogen-bond donors (Lipinski definition) is 1. The summed E-state index contributed by atoms with van der Waals surface area (Å²) in [6, 6.07) is 4.84. The van der Waals surface area contributed by atoms with Gasteiger partial charge in [0.2, 0.25) is 20.0 Å². The van der Waals surface area contributed by atoms with Crippen molar-refractivity contribution in [2.75, 3.05) is 41.6 Å². The van der Waals surface area contributed by atoms with Crippen LogP contribution in [0, 0.1) is 16.7 Å². The van der Waals surface area contributed by atoms with E-state index in [1.54, 1.807) is 12.1 Å². The monoisotopic (exact) mass is 537 g/mol. The first-order chi connectivity index (χ1) is 17.0. The number of carbonyl (C=O) groups excluding carboxylic acids is 1. The summed E-state index contributed by atoms with van der Waals surface area (Å²) in [5.41, 5.74) is -0.251. The third-order valence-corrected chi connectivity index (χ3v) is 12.8. The number of hydrogen-bond acceptors (Lipinski definition) is 6. The minimum absolute atomic E-state index is 0.0480. The molecule has 0 spiro atoms. The molecule has 2 saturated carbocycles. The molecule has 0 amide bonds. The number of fused-ring (bicyclic) bond motifs is 2. The molecule has 1 N–H and O–H groups in total. The summed E-state index contributed by atoms with van der Waals surface area (Å²) in [7, 11) is -7.64. The van der Waals surface area contributed by atoms with Crippen LogP contribution >= 0.6 is 0 Å². The van der Waals surface area contributed by atoms with Crippen LogP contribution in [-0.4, -0.2) is 58.9 Å². The summed E-state index contributed by atoms with van der Waals surface area (Å²) >= 11 is 0. The third-order valence-electron chi connectivity index (χ3n) is 9.46. The molecule has 0 aromatic heterocycles. The Balaban J connectivity index is 1.49. The Labute approximate surface area is 215 Å². The van der Waals surface area contributed by atoms with Crippen molar-refractivity contribution in [2.24, 2.45) is 16.7 Å². The summed E-state index contributed by atoms with van der Waals surface area (Å²) in [5.74, 6) is 0.0131. The number of ketones is 1. The Morgan fingerprint density at radius 3 is 2.17 bits per heavy atom. The molecule has 2 aliphatic carbocycles. The Hall–Kier alpha value is -1.65. The molecule has 200 valence electrons. The molecule has 4 fully saturated rings. The number of carbonyl (C=O) groups is 1. The van der Waals surface area contributed by atoms with Gasteiger partial charge in [-0.05, 0) is 74.5 Å². The first-order valence-corrected chi connectivity index (χ1v) is 16.5. The Morgan fingerprint density at radius 2 is 1.58 bits per heavy atom. The summed E-state index contributed by atoms with van der Waals surface area (Å²) in [6.45, 7) is 6.61. The number of rotatable bonds is 7. The van der Waals surface area contributed by atoms with Crippen LogP contribution in [0.2, 0.25) is 0 Å². The molecule has 8 nitrogen and oxygen atoms in total. The molecule has 2 bridgehead atoms. The minimum Gasteiger partial charge on any atom is -0.370 e. The van der Waals surface area contributed by atoms with E-state index in [4.69, 9.17) is 0 Å². The predicted octanol–water partition coefficient (Wildman–Crippen LogP) is 3.99. The van der Waals surface area contributed by atoms with E-state index in [0.29, 0.717) is 37.3 Å². The number of nitrogens with one attached hydrogen (secondary N) is 1. The molecule has 0 unspecified atom stereocenters. The molecule has 0 radical (unpaired) electrons. The number of piperidine rings is 2. The quantitative estimate of drug-likeness (QED) is 0.564. The van der Waals surface area contributed by atoms with Gasteiger partial charge in [-0.3, -0.25) is 9.52 Å². The highest BCUT2D eigenvalue weighted by Crippen LogP contribution is 2.64. The smallest absolute Gasteiger partial charge is 0.243 e. The summed E-state index contributed by atoms with van der Waals surface area (Å²) < 4.78 is 58.3. The largest absolute Gasteiger partial charge is 0.370 e. The minimum atomic E-state index is -3.92. The van der Waals surface area contributed by atoms with Gasteiger partial charge in [0, 0.05) is 32.6 Å².